The van der Waals surface area contributed by atoms with Crippen LogP contribution in [0.5, 0.6) is 0 Å². The molecule has 0 radical (unpaired) electrons. The molecule has 1 aromatic rings. The molecular formula is C17H21ClN2O3. The Kier molecular flexibility index (Phi) is 4.99. The van der Waals surface area contributed by atoms with Crippen molar-refractivity contribution in [3.8, 4) is 0 Å². The number of hydrogen-bond acceptors (Lipinski definition) is 4. The van der Waals surface area contributed by atoms with Crippen molar-refractivity contribution in [3.05, 3.63) is 29.3 Å². The molecule has 2 aliphatic rings. The third-order valence-corrected chi connectivity index (χ3v) is 4.99. The molecule has 2 atom stereocenters. The van der Waals surface area contributed by atoms with Gasteiger partial charge >= 0.3 is 0 Å². The largest absolute Gasteiger partial charge is 0.396 e. The van der Waals surface area contributed by atoms with Gasteiger partial charge in [0.1, 0.15) is 0 Å². The molecule has 1 N–H and O–H groups in total. The molecule has 2 heterocycles. The second-order valence-electron chi connectivity index (χ2n) is 6.16. The van der Waals surface area contributed by atoms with Crippen LogP contribution in [0.15, 0.2) is 24.3 Å². The van der Waals surface area contributed by atoms with Crippen molar-refractivity contribution >= 4 is 29.1 Å². The number of halogens is 1. The molecule has 0 aliphatic carbocycles. The Balaban J connectivity index is 1.81. The maximum absolute atomic E-state index is 12.8. The number of carbonyl (C=O) groups is 2. The summed E-state index contributed by atoms with van der Waals surface area (Å²) in [6, 6.07) is 6.53. The van der Waals surface area contributed by atoms with Crippen LogP contribution in [-0.2, 0) is 9.59 Å². The molecule has 23 heavy (non-hydrogen) atoms. The zero-order valence-electron chi connectivity index (χ0n) is 12.9. The molecule has 124 valence electrons. The number of likely N-dealkylation sites (tertiary alicyclic amines) is 1. The molecule has 0 spiro atoms. The fourth-order valence-electron chi connectivity index (χ4n) is 3.63. The van der Waals surface area contributed by atoms with E-state index in [1.54, 1.807) is 24.3 Å². The summed E-state index contributed by atoms with van der Waals surface area (Å²) in [4.78, 5) is 28.6. The van der Waals surface area contributed by atoms with E-state index < -0.39 is 6.04 Å². The lowest BCUT2D eigenvalue weighted by Gasteiger charge is -2.38. The average molecular weight is 337 g/mol. The predicted octanol–water partition coefficient (Wildman–Crippen LogP) is 2.21. The van der Waals surface area contributed by atoms with Crippen molar-refractivity contribution in [1.29, 1.82) is 0 Å². The van der Waals surface area contributed by atoms with Crippen molar-refractivity contribution in [1.82, 2.24) is 4.90 Å². The zero-order chi connectivity index (χ0) is 16.4. The Bertz CT molecular complexity index is 588. The number of rotatable bonds is 4. The zero-order valence-corrected chi connectivity index (χ0v) is 13.7. The number of nitrogens with zero attached hydrogens (tertiary/aromatic N) is 2. The molecule has 0 aromatic heterocycles. The Morgan fingerprint density at radius 2 is 1.91 bits per heavy atom. The molecule has 5 nitrogen and oxygen atoms in total. The minimum absolute atomic E-state index is 0.108. The van der Waals surface area contributed by atoms with E-state index in [-0.39, 0.29) is 30.9 Å². The second-order valence-corrected chi connectivity index (χ2v) is 6.60. The number of amides is 2. The van der Waals surface area contributed by atoms with E-state index in [4.69, 9.17) is 11.6 Å². The molecule has 2 unspecified atom stereocenters. The van der Waals surface area contributed by atoms with Crippen LogP contribution in [0.2, 0.25) is 5.02 Å². The van der Waals surface area contributed by atoms with E-state index >= 15 is 0 Å². The number of hydrogen-bond donors (Lipinski definition) is 1. The van der Waals surface area contributed by atoms with Crippen LogP contribution in [0.25, 0.3) is 0 Å². The minimum atomic E-state index is -0.407. The normalized spacial score (nSPS) is 26.1. The molecule has 0 bridgehead atoms. The average Bonchev–Trinajstić information content (AvgIpc) is 2.84. The number of aliphatic hydroxyl groups excluding tert-OH is 1. The Morgan fingerprint density at radius 3 is 2.61 bits per heavy atom. The third kappa shape index (κ3) is 3.27. The summed E-state index contributed by atoms with van der Waals surface area (Å²) in [5, 5.41) is 9.82. The van der Waals surface area contributed by atoms with Crippen molar-refractivity contribution in [2.75, 3.05) is 18.1 Å². The fourth-order valence-corrected chi connectivity index (χ4v) is 3.75. The minimum Gasteiger partial charge on any atom is -0.396 e. The summed E-state index contributed by atoms with van der Waals surface area (Å²) < 4.78 is 0. The van der Waals surface area contributed by atoms with Gasteiger partial charge < -0.3 is 5.11 Å². The summed E-state index contributed by atoms with van der Waals surface area (Å²) in [6.45, 7) is 0.916. The van der Waals surface area contributed by atoms with Gasteiger partial charge in [-0.3, -0.25) is 14.5 Å². The topological polar surface area (TPSA) is 60.9 Å². The Labute approximate surface area is 140 Å². The SMILES string of the molecule is O=C1CC(N2CCCCC2CCO)C(=O)N1c1ccc(Cl)cc1. The van der Waals surface area contributed by atoms with Gasteiger partial charge in [-0.05, 0) is 50.1 Å². The second kappa shape index (κ2) is 6.99. The quantitative estimate of drug-likeness (QED) is 0.856. The lowest BCUT2D eigenvalue weighted by Crippen LogP contribution is -2.50. The number of piperidine rings is 1. The maximum Gasteiger partial charge on any atom is 0.251 e. The number of anilines is 1. The van der Waals surface area contributed by atoms with Gasteiger partial charge in [0.25, 0.3) is 5.91 Å². The molecule has 3 rings (SSSR count). The molecule has 1 aromatic carbocycles. The van der Waals surface area contributed by atoms with Crippen LogP contribution in [0.4, 0.5) is 5.69 Å². The van der Waals surface area contributed by atoms with Gasteiger partial charge in [-0.2, -0.15) is 0 Å². The van der Waals surface area contributed by atoms with E-state index in [0.717, 1.165) is 25.8 Å². The highest BCUT2D eigenvalue weighted by Gasteiger charge is 2.44. The van der Waals surface area contributed by atoms with Gasteiger partial charge in [0.2, 0.25) is 5.91 Å². The van der Waals surface area contributed by atoms with Gasteiger partial charge in [0.15, 0.2) is 0 Å². The van der Waals surface area contributed by atoms with Gasteiger partial charge in [-0.1, -0.05) is 18.0 Å². The molecule has 2 saturated heterocycles. The summed E-state index contributed by atoms with van der Waals surface area (Å²) >= 11 is 5.88. The van der Waals surface area contributed by atoms with Crippen molar-refractivity contribution in [2.45, 2.75) is 44.2 Å². The standard InChI is InChI=1S/C17H21ClN2O3/c18-12-4-6-14(7-5-12)20-16(22)11-15(17(20)23)19-9-2-1-3-13(19)8-10-21/h4-7,13,15,21H,1-3,8-11H2. The number of aliphatic hydroxyl groups is 1. The van der Waals surface area contributed by atoms with Crippen LogP contribution in [-0.4, -0.2) is 47.1 Å². The van der Waals surface area contributed by atoms with Gasteiger partial charge in [0, 0.05) is 17.7 Å². The number of carbonyl (C=O) groups excluding carboxylic acids is 2. The molecule has 2 amide bonds. The van der Waals surface area contributed by atoms with Crippen molar-refractivity contribution in [3.63, 3.8) is 0 Å². The van der Waals surface area contributed by atoms with Crippen LogP contribution in [0.1, 0.15) is 32.1 Å². The first-order chi connectivity index (χ1) is 11.1. The number of imide groups is 1. The Morgan fingerprint density at radius 1 is 1.17 bits per heavy atom. The van der Waals surface area contributed by atoms with Crippen molar-refractivity contribution in [2.24, 2.45) is 0 Å². The monoisotopic (exact) mass is 336 g/mol. The van der Waals surface area contributed by atoms with E-state index in [1.165, 1.54) is 4.90 Å². The molecular weight excluding hydrogens is 316 g/mol. The fraction of sp³-hybridized carbons (Fsp3) is 0.529. The lowest BCUT2D eigenvalue weighted by atomic mass is 9.97. The molecule has 2 aliphatic heterocycles. The highest BCUT2D eigenvalue weighted by Crippen LogP contribution is 2.31. The first-order valence-corrected chi connectivity index (χ1v) is 8.48. The van der Waals surface area contributed by atoms with Crippen LogP contribution in [0, 0.1) is 0 Å². The van der Waals surface area contributed by atoms with E-state index in [2.05, 4.69) is 4.90 Å². The highest BCUT2D eigenvalue weighted by molar-refractivity contribution is 6.30. The molecule has 6 heteroatoms. The summed E-state index contributed by atoms with van der Waals surface area (Å²) in [5.74, 6) is -0.335. The maximum atomic E-state index is 12.8. The lowest BCUT2D eigenvalue weighted by molar-refractivity contribution is -0.123. The first kappa shape index (κ1) is 16.4. The van der Waals surface area contributed by atoms with E-state index in [1.807, 2.05) is 0 Å². The number of benzene rings is 1. The predicted molar refractivity (Wildman–Crippen MR) is 88.4 cm³/mol. The summed E-state index contributed by atoms with van der Waals surface area (Å²) in [5.41, 5.74) is 0.572. The van der Waals surface area contributed by atoms with Crippen LogP contribution >= 0.6 is 11.6 Å². The molecule has 2 fully saturated rings. The smallest absolute Gasteiger partial charge is 0.251 e. The first-order valence-electron chi connectivity index (χ1n) is 8.11. The van der Waals surface area contributed by atoms with Gasteiger partial charge in [-0.25, -0.2) is 4.90 Å². The highest BCUT2D eigenvalue weighted by atomic mass is 35.5. The Hall–Kier alpha value is -1.43. The van der Waals surface area contributed by atoms with E-state index in [9.17, 15) is 14.7 Å². The van der Waals surface area contributed by atoms with Crippen LogP contribution < -0.4 is 4.90 Å². The summed E-state index contributed by atoms with van der Waals surface area (Å²) in [6.07, 6.45) is 3.97. The third-order valence-electron chi connectivity index (χ3n) is 4.74. The van der Waals surface area contributed by atoms with Gasteiger partial charge in [-0.15, -0.1) is 0 Å². The van der Waals surface area contributed by atoms with E-state index in [0.29, 0.717) is 17.1 Å². The molecule has 0 saturated carbocycles. The summed E-state index contributed by atoms with van der Waals surface area (Å²) in [7, 11) is 0. The van der Waals surface area contributed by atoms with Crippen molar-refractivity contribution < 1.29 is 14.7 Å². The van der Waals surface area contributed by atoms with Crippen LogP contribution in [0.3, 0.4) is 0 Å². The van der Waals surface area contributed by atoms with Gasteiger partial charge in [0.05, 0.1) is 18.2 Å².